The lowest BCUT2D eigenvalue weighted by Gasteiger charge is -2.16. The summed E-state index contributed by atoms with van der Waals surface area (Å²) in [7, 11) is 1.73. The molecule has 0 saturated carbocycles. The minimum atomic E-state index is 0.503. The summed E-state index contributed by atoms with van der Waals surface area (Å²) in [5, 5.41) is 0. The van der Waals surface area contributed by atoms with Crippen molar-refractivity contribution in [2.24, 2.45) is 0 Å². The lowest BCUT2D eigenvalue weighted by atomic mass is 9.93. The monoisotopic (exact) mass is 255 g/mol. The number of nitrogens with zero attached hydrogens (tertiary/aromatic N) is 1. The number of hydrogen-bond acceptors (Lipinski definition) is 2. The van der Waals surface area contributed by atoms with E-state index in [1.54, 1.807) is 7.11 Å². The van der Waals surface area contributed by atoms with E-state index in [2.05, 4.69) is 31.0 Å². The summed E-state index contributed by atoms with van der Waals surface area (Å²) in [6.45, 7) is 4.47. The number of rotatable bonds is 5. The van der Waals surface area contributed by atoms with Crippen LogP contribution in [0.25, 0.3) is 11.3 Å². The van der Waals surface area contributed by atoms with E-state index >= 15 is 0 Å². The highest BCUT2D eigenvalue weighted by Gasteiger charge is 2.12. The minimum absolute atomic E-state index is 0.503. The second kappa shape index (κ2) is 6.37. The van der Waals surface area contributed by atoms with Crippen LogP contribution in [0, 0.1) is 0 Å². The molecule has 1 aromatic carbocycles. The molecular weight excluding hydrogens is 234 g/mol. The van der Waals surface area contributed by atoms with E-state index < -0.39 is 0 Å². The van der Waals surface area contributed by atoms with Crippen molar-refractivity contribution in [3.05, 3.63) is 48.2 Å². The highest BCUT2D eigenvalue weighted by atomic mass is 16.5. The molecule has 1 unspecified atom stereocenters. The minimum Gasteiger partial charge on any atom is -0.496 e. The van der Waals surface area contributed by atoms with Crippen molar-refractivity contribution in [1.29, 1.82) is 0 Å². The maximum atomic E-state index is 5.48. The Hall–Kier alpha value is -1.83. The zero-order valence-electron chi connectivity index (χ0n) is 11.9. The summed E-state index contributed by atoms with van der Waals surface area (Å²) in [6, 6.07) is 12.3. The van der Waals surface area contributed by atoms with Crippen molar-refractivity contribution < 1.29 is 4.74 Å². The topological polar surface area (TPSA) is 22.1 Å². The van der Waals surface area contributed by atoms with Gasteiger partial charge in [0.05, 0.1) is 12.8 Å². The van der Waals surface area contributed by atoms with Crippen LogP contribution in [0.1, 0.15) is 38.2 Å². The fourth-order valence-corrected chi connectivity index (χ4v) is 2.40. The predicted octanol–water partition coefficient (Wildman–Crippen LogP) is 4.66. The van der Waals surface area contributed by atoms with E-state index in [4.69, 9.17) is 4.74 Å². The maximum Gasteiger partial charge on any atom is 0.122 e. The zero-order valence-corrected chi connectivity index (χ0v) is 11.9. The highest BCUT2D eigenvalue weighted by Crippen LogP contribution is 2.33. The van der Waals surface area contributed by atoms with Crippen LogP contribution < -0.4 is 4.74 Å². The molecule has 2 nitrogen and oxygen atoms in total. The summed E-state index contributed by atoms with van der Waals surface area (Å²) in [5.74, 6) is 1.48. The molecule has 0 radical (unpaired) electrons. The molecule has 0 aliphatic rings. The number of benzene rings is 1. The van der Waals surface area contributed by atoms with Crippen molar-refractivity contribution in [3.63, 3.8) is 0 Å². The van der Waals surface area contributed by atoms with Crippen molar-refractivity contribution in [1.82, 2.24) is 4.98 Å². The fourth-order valence-electron chi connectivity index (χ4n) is 2.40. The van der Waals surface area contributed by atoms with Crippen LogP contribution in [0.5, 0.6) is 5.75 Å². The number of methoxy groups -OCH3 is 1. The van der Waals surface area contributed by atoms with E-state index in [0.29, 0.717) is 5.92 Å². The van der Waals surface area contributed by atoms with E-state index in [0.717, 1.165) is 17.0 Å². The molecule has 100 valence electrons. The normalized spacial score (nSPS) is 12.2. The molecule has 2 heteroatoms. The number of pyridine rings is 1. The quantitative estimate of drug-likeness (QED) is 0.775. The molecule has 0 aliphatic carbocycles. The summed E-state index contributed by atoms with van der Waals surface area (Å²) in [6.07, 6.45) is 4.18. The van der Waals surface area contributed by atoms with E-state index in [9.17, 15) is 0 Å². The summed E-state index contributed by atoms with van der Waals surface area (Å²) >= 11 is 0. The molecule has 2 aromatic rings. The van der Waals surface area contributed by atoms with Gasteiger partial charge in [0, 0.05) is 11.8 Å². The molecule has 1 atom stereocenters. The Kier molecular flexibility index (Phi) is 4.56. The second-order valence-electron chi connectivity index (χ2n) is 4.86. The van der Waals surface area contributed by atoms with Gasteiger partial charge < -0.3 is 4.74 Å². The zero-order chi connectivity index (χ0) is 13.7. The van der Waals surface area contributed by atoms with Crippen molar-refractivity contribution in [2.75, 3.05) is 7.11 Å². The molecule has 19 heavy (non-hydrogen) atoms. The van der Waals surface area contributed by atoms with Gasteiger partial charge >= 0.3 is 0 Å². The van der Waals surface area contributed by atoms with E-state index in [1.165, 1.54) is 18.4 Å². The summed E-state index contributed by atoms with van der Waals surface area (Å²) < 4.78 is 5.48. The Labute approximate surface area is 115 Å². The first-order valence-electron chi connectivity index (χ1n) is 6.85. The van der Waals surface area contributed by atoms with Crippen LogP contribution in [0.15, 0.2) is 42.6 Å². The first-order valence-corrected chi connectivity index (χ1v) is 6.85. The fraction of sp³-hybridized carbons (Fsp3) is 0.353. The van der Waals surface area contributed by atoms with Gasteiger partial charge in [0.1, 0.15) is 5.75 Å². The Morgan fingerprint density at radius 3 is 2.68 bits per heavy atom. The number of hydrogen-bond donors (Lipinski definition) is 0. The third kappa shape index (κ3) is 3.14. The van der Waals surface area contributed by atoms with Gasteiger partial charge in [-0.2, -0.15) is 0 Å². The van der Waals surface area contributed by atoms with Crippen LogP contribution in [0.2, 0.25) is 0 Å². The molecule has 0 spiro atoms. The average Bonchev–Trinajstić information content (AvgIpc) is 2.47. The van der Waals surface area contributed by atoms with Crippen LogP contribution >= 0.6 is 0 Å². The van der Waals surface area contributed by atoms with Gasteiger partial charge in [-0.1, -0.05) is 26.3 Å². The third-order valence-corrected chi connectivity index (χ3v) is 3.44. The average molecular weight is 255 g/mol. The largest absolute Gasteiger partial charge is 0.496 e. The smallest absolute Gasteiger partial charge is 0.122 e. The van der Waals surface area contributed by atoms with Crippen LogP contribution in [0.3, 0.4) is 0 Å². The van der Waals surface area contributed by atoms with E-state index in [1.807, 2.05) is 30.5 Å². The first-order chi connectivity index (χ1) is 9.26. The predicted molar refractivity (Wildman–Crippen MR) is 79.5 cm³/mol. The SMILES string of the molecule is CCCC(C)c1cc(-c2ccccn2)ccc1OC. The standard InChI is InChI=1S/C17H21NO/c1-4-7-13(2)15-12-14(9-10-17(15)19-3)16-8-5-6-11-18-16/h5-6,8-13H,4,7H2,1-3H3. The second-order valence-corrected chi connectivity index (χ2v) is 4.86. The molecular formula is C17H21NO. The molecule has 0 aliphatic heterocycles. The van der Waals surface area contributed by atoms with Gasteiger partial charge in [-0.3, -0.25) is 4.98 Å². The molecule has 0 N–H and O–H groups in total. The van der Waals surface area contributed by atoms with Gasteiger partial charge in [-0.25, -0.2) is 0 Å². The number of aromatic nitrogens is 1. The lowest BCUT2D eigenvalue weighted by Crippen LogP contribution is -1.98. The molecule has 0 bridgehead atoms. The van der Waals surface area contributed by atoms with Crippen LogP contribution in [0.4, 0.5) is 0 Å². The number of ether oxygens (including phenoxy) is 1. The maximum absolute atomic E-state index is 5.48. The molecule has 1 aromatic heterocycles. The van der Waals surface area contributed by atoms with E-state index in [-0.39, 0.29) is 0 Å². The molecule has 0 saturated heterocycles. The Bertz CT molecular complexity index is 522. The Morgan fingerprint density at radius 1 is 1.21 bits per heavy atom. The van der Waals surface area contributed by atoms with Crippen molar-refractivity contribution in [2.45, 2.75) is 32.6 Å². The summed E-state index contributed by atoms with van der Waals surface area (Å²) in [5.41, 5.74) is 3.43. The first kappa shape index (κ1) is 13.6. The van der Waals surface area contributed by atoms with Gasteiger partial charge in [-0.15, -0.1) is 0 Å². The third-order valence-electron chi connectivity index (χ3n) is 3.44. The highest BCUT2D eigenvalue weighted by molar-refractivity contribution is 5.62. The van der Waals surface area contributed by atoms with Crippen molar-refractivity contribution in [3.8, 4) is 17.0 Å². The lowest BCUT2D eigenvalue weighted by molar-refractivity contribution is 0.405. The molecule has 1 heterocycles. The van der Waals surface area contributed by atoms with Gasteiger partial charge in [-0.05, 0) is 48.2 Å². The molecule has 0 fully saturated rings. The van der Waals surface area contributed by atoms with Gasteiger partial charge in [0.15, 0.2) is 0 Å². The van der Waals surface area contributed by atoms with Crippen LogP contribution in [-0.4, -0.2) is 12.1 Å². The van der Waals surface area contributed by atoms with Gasteiger partial charge in [0.2, 0.25) is 0 Å². The Morgan fingerprint density at radius 2 is 2.05 bits per heavy atom. The Balaban J connectivity index is 2.41. The van der Waals surface area contributed by atoms with Crippen LogP contribution in [-0.2, 0) is 0 Å². The van der Waals surface area contributed by atoms with Crippen molar-refractivity contribution >= 4 is 0 Å². The molecule has 2 rings (SSSR count). The van der Waals surface area contributed by atoms with Gasteiger partial charge in [0.25, 0.3) is 0 Å². The summed E-state index contributed by atoms with van der Waals surface area (Å²) in [4.78, 5) is 4.41. The molecule has 0 amide bonds.